The van der Waals surface area contributed by atoms with Crippen LogP contribution in [0.2, 0.25) is 10.0 Å². The molecule has 1 unspecified atom stereocenters. The minimum atomic E-state index is -1.70. The molecule has 0 fully saturated rings. The lowest BCUT2D eigenvalue weighted by Gasteiger charge is -2.35. The molecule has 2 aromatic rings. The standard InChI is InChI=1S/C25H28Cl2N2O3/c1-23(2,3)20-15-9-7-8-10-19(15)29-25(20,22(31)32)16-11-14(17(26)12-18(16)27)13-28-21(30)24(4,5)6/h7-12H,13H2,1-6H3,(H,28,30)(H,31,32). The lowest BCUT2D eigenvalue weighted by atomic mass is 9.71. The molecular formula is C25H28Cl2N2O3. The highest BCUT2D eigenvalue weighted by Crippen LogP contribution is 2.48. The number of nitrogens with one attached hydrogen (secondary N) is 1. The molecule has 0 spiro atoms. The molecule has 1 amide bonds. The first kappa shape index (κ1) is 24.3. The van der Waals surface area contributed by atoms with Crippen LogP contribution < -0.4 is 15.9 Å². The molecule has 0 saturated heterocycles. The van der Waals surface area contributed by atoms with E-state index in [0.717, 1.165) is 5.22 Å². The summed E-state index contributed by atoms with van der Waals surface area (Å²) in [4.78, 5) is 30.0. The van der Waals surface area contributed by atoms with Gasteiger partial charge in [0.15, 0.2) is 0 Å². The number of hydrogen-bond donors (Lipinski definition) is 2. The zero-order valence-corrected chi connectivity index (χ0v) is 20.6. The van der Waals surface area contributed by atoms with E-state index < -0.39 is 22.3 Å². The molecule has 7 heteroatoms. The highest BCUT2D eigenvalue weighted by Gasteiger charge is 2.51. The summed E-state index contributed by atoms with van der Waals surface area (Å²) in [5, 5.41) is 15.4. The molecule has 0 radical (unpaired) electrons. The van der Waals surface area contributed by atoms with Gasteiger partial charge >= 0.3 is 5.97 Å². The van der Waals surface area contributed by atoms with Crippen molar-refractivity contribution in [2.24, 2.45) is 15.8 Å². The fourth-order valence-corrected chi connectivity index (χ4v) is 4.66. The van der Waals surface area contributed by atoms with E-state index in [0.29, 0.717) is 27.1 Å². The number of nitrogens with zero attached hydrogens (tertiary/aromatic N) is 1. The normalized spacial score (nSPS) is 18.2. The second-order valence-electron chi connectivity index (χ2n) is 10.1. The van der Waals surface area contributed by atoms with E-state index >= 15 is 0 Å². The first-order valence-corrected chi connectivity index (χ1v) is 11.2. The average Bonchev–Trinajstić information content (AvgIpc) is 3.02. The quantitative estimate of drug-likeness (QED) is 0.685. The minimum Gasteiger partial charge on any atom is -0.479 e. The predicted octanol–water partition coefficient (Wildman–Crippen LogP) is 4.47. The van der Waals surface area contributed by atoms with Crippen LogP contribution in [0.15, 0.2) is 41.4 Å². The van der Waals surface area contributed by atoms with Crippen molar-refractivity contribution in [2.45, 2.75) is 53.6 Å². The summed E-state index contributed by atoms with van der Waals surface area (Å²) < 4.78 is 0. The van der Waals surface area contributed by atoms with Gasteiger partial charge in [0.25, 0.3) is 0 Å². The molecule has 1 aliphatic heterocycles. The third-order valence-corrected chi connectivity index (χ3v) is 6.19. The molecule has 5 nitrogen and oxygen atoms in total. The Morgan fingerprint density at radius 2 is 1.66 bits per heavy atom. The molecule has 1 atom stereocenters. The molecule has 170 valence electrons. The van der Waals surface area contributed by atoms with Gasteiger partial charge in [0.1, 0.15) is 0 Å². The summed E-state index contributed by atoms with van der Waals surface area (Å²) in [5.74, 6) is -1.26. The van der Waals surface area contributed by atoms with Crippen LogP contribution in [-0.2, 0) is 21.7 Å². The number of carboxylic acids is 1. The summed E-state index contributed by atoms with van der Waals surface area (Å²) in [6.07, 6.45) is 0. The number of carbonyl (C=O) groups is 2. The maximum absolute atomic E-state index is 12.9. The van der Waals surface area contributed by atoms with Gasteiger partial charge < -0.3 is 10.4 Å². The molecule has 0 aromatic heterocycles. The monoisotopic (exact) mass is 474 g/mol. The number of amides is 1. The second kappa shape index (κ2) is 8.20. The number of hydrogen-bond acceptors (Lipinski definition) is 3. The number of carbonyl (C=O) groups excluding carboxylic acids is 1. The molecule has 2 N–H and O–H groups in total. The Morgan fingerprint density at radius 3 is 2.22 bits per heavy atom. The number of para-hydroxylation sites is 1. The Kier molecular flexibility index (Phi) is 6.22. The van der Waals surface area contributed by atoms with Gasteiger partial charge in [0.2, 0.25) is 11.4 Å². The number of carboxylic acid groups (broad SMARTS) is 1. The minimum absolute atomic E-state index is 0.141. The summed E-state index contributed by atoms with van der Waals surface area (Å²) in [6, 6.07) is 10.6. The van der Waals surface area contributed by atoms with Gasteiger partial charge in [-0.1, -0.05) is 82.9 Å². The van der Waals surface area contributed by atoms with Crippen molar-refractivity contribution in [3.8, 4) is 0 Å². The van der Waals surface area contributed by atoms with Gasteiger partial charge in [-0.2, -0.15) is 0 Å². The topological polar surface area (TPSA) is 78.8 Å². The first-order chi connectivity index (χ1) is 14.7. The maximum Gasteiger partial charge on any atom is 0.340 e. The first-order valence-electron chi connectivity index (χ1n) is 10.4. The van der Waals surface area contributed by atoms with Gasteiger partial charge in [-0.05, 0) is 34.8 Å². The largest absolute Gasteiger partial charge is 0.479 e. The van der Waals surface area contributed by atoms with Crippen molar-refractivity contribution in [2.75, 3.05) is 0 Å². The van der Waals surface area contributed by atoms with Crippen molar-refractivity contribution in [3.05, 3.63) is 68.1 Å². The zero-order valence-electron chi connectivity index (χ0n) is 19.1. The molecule has 1 aliphatic rings. The van der Waals surface area contributed by atoms with E-state index in [1.807, 2.05) is 59.7 Å². The maximum atomic E-state index is 12.9. The Bertz CT molecular complexity index is 1220. The number of aliphatic carboxylic acids is 1. The van der Waals surface area contributed by atoms with Crippen LogP contribution in [0.25, 0.3) is 5.57 Å². The highest BCUT2D eigenvalue weighted by atomic mass is 35.5. The van der Waals surface area contributed by atoms with Gasteiger partial charge in [0.05, 0.1) is 5.36 Å². The number of fused-ring (bicyclic) bond motifs is 1. The Hall–Kier alpha value is -2.37. The average molecular weight is 475 g/mol. The van der Waals surface area contributed by atoms with Crippen molar-refractivity contribution < 1.29 is 14.7 Å². The smallest absolute Gasteiger partial charge is 0.340 e. The van der Waals surface area contributed by atoms with E-state index in [1.54, 1.807) is 12.1 Å². The van der Waals surface area contributed by atoms with Gasteiger partial charge in [-0.15, -0.1) is 0 Å². The lowest BCUT2D eigenvalue weighted by Crippen LogP contribution is -2.40. The Balaban J connectivity index is 2.26. The van der Waals surface area contributed by atoms with Crippen molar-refractivity contribution in [1.29, 1.82) is 0 Å². The van der Waals surface area contributed by atoms with Crippen LogP contribution in [0.3, 0.4) is 0 Å². The van der Waals surface area contributed by atoms with Crippen LogP contribution in [-0.4, -0.2) is 17.0 Å². The molecular weight excluding hydrogens is 447 g/mol. The SMILES string of the molecule is CC(C)(C)C(=O)NCc1cc(C2(C(=O)O)N=c3ccccc3=C2C(C)(C)C)c(Cl)cc1Cl. The summed E-state index contributed by atoms with van der Waals surface area (Å²) in [6.45, 7) is 11.5. The third-order valence-electron chi connectivity index (χ3n) is 5.53. The fourth-order valence-electron chi connectivity index (χ4n) is 4.07. The molecule has 0 bridgehead atoms. The molecule has 2 aromatic carbocycles. The lowest BCUT2D eigenvalue weighted by molar-refractivity contribution is -0.141. The van der Waals surface area contributed by atoms with Crippen molar-refractivity contribution in [1.82, 2.24) is 5.32 Å². The van der Waals surface area contributed by atoms with Gasteiger partial charge in [-0.25, -0.2) is 4.79 Å². The third kappa shape index (κ3) is 4.16. The number of benzene rings is 2. The van der Waals surface area contributed by atoms with Crippen LogP contribution >= 0.6 is 23.2 Å². The zero-order chi connectivity index (χ0) is 24.1. The predicted molar refractivity (Wildman–Crippen MR) is 127 cm³/mol. The van der Waals surface area contributed by atoms with Crippen molar-refractivity contribution >= 4 is 40.7 Å². The molecule has 1 heterocycles. The highest BCUT2D eigenvalue weighted by molar-refractivity contribution is 6.36. The van der Waals surface area contributed by atoms with E-state index in [1.165, 1.54) is 6.07 Å². The summed E-state index contributed by atoms with van der Waals surface area (Å²) in [7, 11) is 0. The van der Waals surface area contributed by atoms with Crippen molar-refractivity contribution in [3.63, 3.8) is 0 Å². The second-order valence-corrected chi connectivity index (χ2v) is 10.9. The van der Waals surface area contributed by atoms with E-state index in [9.17, 15) is 14.7 Å². The van der Waals surface area contributed by atoms with Crippen LogP contribution in [0.4, 0.5) is 0 Å². The van der Waals surface area contributed by atoms with Gasteiger partial charge in [0, 0.05) is 32.8 Å². The summed E-state index contributed by atoms with van der Waals surface area (Å²) in [5.41, 5.74) is -1.23. The van der Waals surface area contributed by atoms with Crippen LogP contribution in [0.5, 0.6) is 0 Å². The summed E-state index contributed by atoms with van der Waals surface area (Å²) >= 11 is 13.0. The van der Waals surface area contributed by atoms with Gasteiger partial charge in [-0.3, -0.25) is 9.79 Å². The molecule has 0 saturated carbocycles. The van der Waals surface area contributed by atoms with E-state index in [2.05, 4.69) is 5.32 Å². The van der Waals surface area contributed by atoms with Crippen LogP contribution in [0, 0.1) is 10.8 Å². The van der Waals surface area contributed by atoms with Crippen LogP contribution in [0.1, 0.15) is 52.7 Å². The molecule has 3 rings (SSSR count). The molecule has 0 aliphatic carbocycles. The van der Waals surface area contributed by atoms with E-state index in [4.69, 9.17) is 28.2 Å². The number of halogens is 2. The number of rotatable bonds is 4. The molecule has 32 heavy (non-hydrogen) atoms. The Labute approximate surface area is 198 Å². The Morgan fingerprint density at radius 1 is 1.03 bits per heavy atom. The fraction of sp³-hybridized carbons (Fsp3) is 0.400. The van der Waals surface area contributed by atoms with E-state index in [-0.39, 0.29) is 17.5 Å².